The van der Waals surface area contributed by atoms with Gasteiger partial charge in [0.25, 0.3) is 0 Å². The smallest absolute Gasteiger partial charge is 0.428 e. The van der Waals surface area contributed by atoms with E-state index in [1.165, 1.54) is 6.92 Å². The van der Waals surface area contributed by atoms with Crippen LogP contribution in [-0.4, -0.2) is 35.3 Å². The number of ether oxygens (including phenoxy) is 6. The maximum absolute atomic E-state index is 12.2. The molecular weight excluding hydrogens is 614 g/mol. The van der Waals surface area contributed by atoms with Crippen LogP contribution in [0.5, 0.6) is 17.2 Å². The molecule has 10 nitrogen and oxygen atoms in total. The highest BCUT2D eigenvalue weighted by atomic mass is 16.7. The molecule has 0 radical (unpaired) electrons. The van der Waals surface area contributed by atoms with Gasteiger partial charge in [-0.05, 0) is 126 Å². The molecule has 0 saturated carbocycles. The zero-order valence-electron chi connectivity index (χ0n) is 29.0. The molecule has 3 aromatic carbocycles. The Hall–Kier alpha value is -5.04. The second-order valence-electron chi connectivity index (χ2n) is 13.2. The topological polar surface area (TPSA) is 130 Å². The van der Waals surface area contributed by atoms with Gasteiger partial charge >= 0.3 is 18.5 Å². The van der Waals surface area contributed by atoms with Gasteiger partial charge in [-0.1, -0.05) is 50.2 Å². The van der Waals surface area contributed by atoms with Crippen molar-refractivity contribution in [3.05, 3.63) is 89.5 Å². The Morgan fingerprint density at radius 3 is 1.38 bits per heavy atom. The van der Waals surface area contributed by atoms with Crippen molar-refractivity contribution in [2.24, 2.45) is 0 Å². The zero-order chi connectivity index (χ0) is 35.5. The Kier molecular flexibility index (Phi) is 12.6. The van der Waals surface area contributed by atoms with E-state index in [2.05, 4.69) is 0 Å². The molecule has 48 heavy (non-hydrogen) atoms. The second kappa shape index (κ2) is 16.2. The van der Waals surface area contributed by atoms with Gasteiger partial charge in [0, 0.05) is 0 Å². The SMILES string of the molecule is CCC(C)(C)OC(=O)Oc1ccc(CC(Cc2ccc(OC(=O)OC(C)(C#N)CC)cc2)c2ccc(OC(=O)OC(C)(C)C)cc2)cc1. The van der Waals surface area contributed by atoms with Crippen LogP contribution in [0, 0.1) is 11.3 Å². The molecule has 3 aromatic rings. The summed E-state index contributed by atoms with van der Waals surface area (Å²) < 4.78 is 31.8. The second-order valence-corrected chi connectivity index (χ2v) is 13.2. The predicted octanol–water partition coefficient (Wildman–Crippen LogP) is 9.48. The van der Waals surface area contributed by atoms with Crippen LogP contribution in [-0.2, 0) is 27.1 Å². The summed E-state index contributed by atoms with van der Waals surface area (Å²) in [6, 6.07) is 23.5. The van der Waals surface area contributed by atoms with Crippen molar-refractivity contribution in [1.82, 2.24) is 0 Å². The van der Waals surface area contributed by atoms with E-state index in [0.29, 0.717) is 37.2 Å². The van der Waals surface area contributed by atoms with Gasteiger partial charge in [-0.15, -0.1) is 0 Å². The molecule has 10 heteroatoms. The van der Waals surface area contributed by atoms with Gasteiger partial charge in [0.1, 0.15) is 34.5 Å². The van der Waals surface area contributed by atoms with E-state index in [9.17, 15) is 19.6 Å². The lowest BCUT2D eigenvalue weighted by molar-refractivity contribution is 0.00690. The zero-order valence-corrected chi connectivity index (χ0v) is 29.0. The average molecular weight is 660 g/mol. The summed E-state index contributed by atoms with van der Waals surface area (Å²) in [5.41, 5.74) is 0.407. The van der Waals surface area contributed by atoms with E-state index in [1.807, 2.05) is 63.2 Å². The third-order valence-corrected chi connectivity index (χ3v) is 7.59. The van der Waals surface area contributed by atoms with Crippen LogP contribution in [0.3, 0.4) is 0 Å². The summed E-state index contributed by atoms with van der Waals surface area (Å²) in [7, 11) is 0. The third-order valence-electron chi connectivity index (χ3n) is 7.59. The predicted molar refractivity (Wildman–Crippen MR) is 179 cm³/mol. The molecule has 0 aliphatic heterocycles. The van der Waals surface area contributed by atoms with Crippen molar-refractivity contribution in [2.75, 3.05) is 0 Å². The molecule has 256 valence electrons. The standard InChI is InChI=1S/C38H45NO9/c1-9-37(6,7)47-34(41)44-30-17-11-26(12-18-30)23-29(28-15-21-32(22-16-28)43-33(40)46-36(3,4)5)24-27-13-19-31(20-14-27)45-35(42)48-38(8,10-2)25-39/h11-22,29H,9-10,23-24H2,1-8H3. The van der Waals surface area contributed by atoms with Gasteiger partial charge < -0.3 is 28.4 Å². The highest BCUT2D eigenvalue weighted by Gasteiger charge is 2.28. The van der Waals surface area contributed by atoms with E-state index in [1.54, 1.807) is 64.1 Å². The van der Waals surface area contributed by atoms with Crippen molar-refractivity contribution in [3.8, 4) is 23.3 Å². The van der Waals surface area contributed by atoms with Gasteiger partial charge in [-0.3, -0.25) is 0 Å². The Bertz CT molecular complexity index is 1570. The fraction of sp³-hybridized carbons (Fsp3) is 0.421. The molecule has 0 spiro atoms. The highest BCUT2D eigenvalue weighted by Crippen LogP contribution is 2.29. The molecule has 0 fully saturated rings. The fourth-order valence-corrected chi connectivity index (χ4v) is 4.33. The van der Waals surface area contributed by atoms with E-state index < -0.39 is 35.3 Å². The molecule has 0 amide bonds. The number of benzene rings is 3. The van der Waals surface area contributed by atoms with Crippen molar-refractivity contribution >= 4 is 18.5 Å². The molecular formula is C38H45NO9. The lowest BCUT2D eigenvalue weighted by Crippen LogP contribution is -2.30. The van der Waals surface area contributed by atoms with Crippen molar-refractivity contribution in [1.29, 1.82) is 5.26 Å². The largest absolute Gasteiger partial charge is 0.515 e. The number of rotatable bonds is 12. The van der Waals surface area contributed by atoms with Crippen molar-refractivity contribution in [2.45, 2.75) is 104 Å². The molecule has 0 heterocycles. The van der Waals surface area contributed by atoms with Crippen LogP contribution in [0.4, 0.5) is 14.4 Å². The van der Waals surface area contributed by atoms with E-state index in [-0.39, 0.29) is 11.7 Å². The average Bonchev–Trinajstić information content (AvgIpc) is 3.01. The molecule has 2 atom stereocenters. The van der Waals surface area contributed by atoms with Gasteiger partial charge in [-0.2, -0.15) is 5.26 Å². The first-order chi connectivity index (χ1) is 22.5. The van der Waals surface area contributed by atoms with Crippen LogP contribution in [0.2, 0.25) is 0 Å². The molecule has 0 saturated heterocycles. The third kappa shape index (κ3) is 12.3. The molecule has 0 aromatic heterocycles. The van der Waals surface area contributed by atoms with Crippen molar-refractivity contribution < 1.29 is 42.8 Å². The van der Waals surface area contributed by atoms with Crippen LogP contribution in [0.15, 0.2) is 72.8 Å². The summed E-state index contributed by atoms with van der Waals surface area (Å²) in [5, 5.41) is 9.27. The van der Waals surface area contributed by atoms with E-state index in [0.717, 1.165) is 16.7 Å². The summed E-state index contributed by atoms with van der Waals surface area (Å²) in [6.45, 7) is 14.1. The first-order valence-corrected chi connectivity index (χ1v) is 15.9. The summed E-state index contributed by atoms with van der Waals surface area (Å²) in [5.74, 6) is 1.01. The number of carbonyl (C=O) groups is 3. The lowest BCUT2D eigenvalue weighted by atomic mass is 9.86. The summed E-state index contributed by atoms with van der Waals surface area (Å²) in [4.78, 5) is 36.7. The maximum atomic E-state index is 12.2. The van der Waals surface area contributed by atoms with Crippen LogP contribution >= 0.6 is 0 Å². The molecule has 0 N–H and O–H groups in total. The van der Waals surface area contributed by atoms with E-state index >= 15 is 0 Å². The number of hydrogen-bond acceptors (Lipinski definition) is 10. The molecule has 0 aliphatic rings. The number of nitrogens with zero attached hydrogens (tertiary/aromatic N) is 1. The van der Waals surface area contributed by atoms with Crippen LogP contribution in [0.25, 0.3) is 0 Å². The van der Waals surface area contributed by atoms with E-state index in [4.69, 9.17) is 28.4 Å². The normalized spacial score (nSPS) is 13.2. The lowest BCUT2D eigenvalue weighted by Gasteiger charge is -2.22. The minimum Gasteiger partial charge on any atom is -0.428 e. The van der Waals surface area contributed by atoms with Gasteiger partial charge in [0.15, 0.2) is 5.60 Å². The Morgan fingerprint density at radius 1 is 0.604 bits per heavy atom. The van der Waals surface area contributed by atoms with Gasteiger partial charge in [-0.25, -0.2) is 14.4 Å². The molecule has 3 rings (SSSR count). The number of carbonyl (C=O) groups excluding carboxylic acids is 3. The highest BCUT2D eigenvalue weighted by molar-refractivity contribution is 5.65. The Labute approximate surface area is 282 Å². The Morgan fingerprint density at radius 2 is 1.00 bits per heavy atom. The molecule has 0 bridgehead atoms. The van der Waals surface area contributed by atoms with Gasteiger partial charge in [0.05, 0.1) is 0 Å². The monoisotopic (exact) mass is 659 g/mol. The Balaban J connectivity index is 1.77. The fourth-order valence-electron chi connectivity index (χ4n) is 4.33. The summed E-state index contributed by atoms with van der Waals surface area (Å²) >= 11 is 0. The van der Waals surface area contributed by atoms with Crippen molar-refractivity contribution in [3.63, 3.8) is 0 Å². The maximum Gasteiger partial charge on any atom is 0.515 e. The minimum atomic E-state index is -1.27. The number of nitriles is 1. The molecule has 2 unspecified atom stereocenters. The first kappa shape index (κ1) is 37.4. The van der Waals surface area contributed by atoms with Crippen LogP contribution < -0.4 is 14.2 Å². The quantitative estimate of drug-likeness (QED) is 0.105. The first-order valence-electron chi connectivity index (χ1n) is 15.9. The molecule has 0 aliphatic carbocycles. The summed E-state index contributed by atoms with van der Waals surface area (Å²) in [6.07, 6.45) is -0.258. The number of hydrogen-bond donors (Lipinski definition) is 0. The van der Waals surface area contributed by atoms with Gasteiger partial charge in [0.2, 0.25) is 0 Å². The van der Waals surface area contributed by atoms with Crippen LogP contribution in [0.1, 0.15) is 90.8 Å². The minimum absolute atomic E-state index is 0.0136.